The molecule has 0 radical (unpaired) electrons. The van der Waals surface area contributed by atoms with Crippen LogP contribution in [0.5, 0.6) is 0 Å². The molecule has 4 heteroatoms. The number of nitrogens with one attached hydrogen (secondary N) is 2. The van der Waals surface area contributed by atoms with Gasteiger partial charge in [-0.2, -0.15) is 0 Å². The summed E-state index contributed by atoms with van der Waals surface area (Å²) in [6.07, 6.45) is 2.87. The van der Waals surface area contributed by atoms with E-state index in [9.17, 15) is 0 Å². The molecule has 2 N–H and O–H groups in total. The molecule has 2 aliphatic rings. The number of ether oxygens (including phenoxy) is 2. The predicted octanol–water partition coefficient (Wildman–Crippen LogP) is -0.257. The van der Waals surface area contributed by atoms with Crippen molar-refractivity contribution in [1.29, 1.82) is 0 Å². The predicted molar refractivity (Wildman–Crippen MR) is 54.5 cm³/mol. The molecule has 14 heavy (non-hydrogen) atoms. The van der Waals surface area contributed by atoms with Crippen LogP contribution in [0.4, 0.5) is 0 Å². The number of rotatable bonds is 4. The van der Waals surface area contributed by atoms with Crippen LogP contribution in [0.2, 0.25) is 0 Å². The third-order valence-corrected chi connectivity index (χ3v) is 2.81. The standard InChI is InChI=1S/C10H20N2O2/c1-2-9(12-3-1)6-11-7-10-8-13-4-5-14-10/h9-12H,1-8H2. The number of hydrogen-bond acceptors (Lipinski definition) is 4. The average Bonchev–Trinajstić information content (AvgIpc) is 2.72. The molecule has 0 aliphatic carbocycles. The smallest absolute Gasteiger partial charge is 0.0933 e. The van der Waals surface area contributed by atoms with Crippen LogP contribution < -0.4 is 10.6 Å². The lowest BCUT2D eigenvalue weighted by molar-refractivity contribution is -0.0863. The molecule has 4 nitrogen and oxygen atoms in total. The monoisotopic (exact) mass is 200 g/mol. The Balaban J connectivity index is 1.52. The lowest BCUT2D eigenvalue weighted by Gasteiger charge is -2.23. The molecular formula is C10H20N2O2. The molecule has 2 rings (SSSR count). The Kier molecular flexibility index (Phi) is 4.19. The van der Waals surface area contributed by atoms with E-state index in [0.717, 1.165) is 32.9 Å². The van der Waals surface area contributed by atoms with Crippen LogP contribution >= 0.6 is 0 Å². The van der Waals surface area contributed by atoms with E-state index in [-0.39, 0.29) is 6.10 Å². The second-order valence-corrected chi connectivity index (χ2v) is 4.02. The molecule has 2 fully saturated rings. The van der Waals surface area contributed by atoms with Crippen molar-refractivity contribution in [3.8, 4) is 0 Å². The molecule has 2 aliphatic heterocycles. The Labute approximate surface area is 85.3 Å². The fourth-order valence-electron chi connectivity index (χ4n) is 2.00. The highest BCUT2D eigenvalue weighted by Gasteiger charge is 2.16. The SMILES string of the molecule is C1CNC(CNCC2COCCO2)C1. The maximum absolute atomic E-state index is 5.53. The molecule has 2 unspecified atom stereocenters. The van der Waals surface area contributed by atoms with Crippen molar-refractivity contribution in [3.05, 3.63) is 0 Å². The molecular weight excluding hydrogens is 180 g/mol. The van der Waals surface area contributed by atoms with Gasteiger partial charge in [-0.25, -0.2) is 0 Å². The summed E-state index contributed by atoms with van der Waals surface area (Å²) in [4.78, 5) is 0. The molecule has 82 valence electrons. The fraction of sp³-hybridized carbons (Fsp3) is 1.00. The van der Waals surface area contributed by atoms with E-state index in [0.29, 0.717) is 6.04 Å². The van der Waals surface area contributed by atoms with Gasteiger partial charge in [-0.05, 0) is 19.4 Å². The highest BCUT2D eigenvalue weighted by molar-refractivity contribution is 4.77. The Morgan fingerprint density at radius 3 is 3.00 bits per heavy atom. The van der Waals surface area contributed by atoms with Crippen LogP contribution in [0.15, 0.2) is 0 Å². The van der Waals surface area contributed by atoms with Crippen molar-refractivity contribution in [2.75, 3.05) is 39.5 Å². The van der Waals surface area contributed by atoms with Gasteiger partial charge in [0.25, 0.3) is 0 Å². The highest BCUT2D eigenvalue weighted by Crippen LogP contribution is 2.04. The Morgan fingerprint density at radius 2 is 2.29 bits per heavy atom. The largest absolute Gasteiger partial charge is 0.376 e. The van der Waals surface area contributed by atoms with Crippen LogP contribution in [0.1, 0.15) is 12.8 Å². The molecule has 0 aromatic carbocycles. The van der Waals surface area contributed by atoms with Gasteiger partial charge in [-0.1, -0.05) is 0 Å². The van der Waals surface area contributed by atoms with Gasteiger partial charge in [0.05, 0.1) is 25.9 Å². The van der Waals surface area contributed by atoms with Crippen molar-refractivity contribution < 1.29 is 9.47 Å². The molecule has 0 aromatic rings. The molecule has 0 bridgehead atoms. The fourth-order valence-corrected chi connectivity index (χ4v) is 2.00. The minimum Gasteiger partial charge on any atom is -0.376 e. The summed E-state index contributed by atoms with van der Waals surface area (Å²) in [5.41, 5.74) is 0. The van der Waals surface area contributed by atoms with Crippen LogP contribution in [-0.4, -0.2) is 51.6 Å². The average molecular weight is 200 g/mol. The second-order valence-electron chi connectivity index (χ2n) is 4.02. The van der Waals surface area contributed by atoms with Gasteiger partial charge < -0.3 is 20.1 Å². The van der Waals surface area contributed by atoms with Gasteiger partial charge in [0.1, 0.15) is 0 Å². The molecule has 0 aromatic heterocycles. The summed E-state index contributed by atoms with van der Waals surface area (Å²) in [6.45, 7) is 5.38. The normalized spacial score (nSPS) is 33.4. The van der Waals surface area contributed by atoms with Gasteiger partial charge in [0.15, 0.2) is 0 Å². The van der Waals surface area contributed by atoms with Crippen LogP contribution in [-0.2, 0) is 9.47 Å². The zero-order valence-electron chi connectivity index (χ0n) is 8.63. The Bertz CT molecular complexity index is 154. The summed E-state index contributed by atoms with van der Waals surface area (Å²) < 4.78 is 10.9. The molecule has 0 spiro atoms. The van der Waals surface area contributed by atoms with Crippen molar-refractivity contribution in [1.82, 2.24) is 10.6 Å². The second kappa shape index (κ2) is 5.66. The van der Waals surface area contributed by atoms with E-state index in [1.807, 2.05) is 0 Å². The van der Waals surface area contributed by atoms with Gasteiger partial charge in [0, 0.05) is 19.1 Å². The molecule has 0 saturated carbocycles. The lowest BCUT2D eigenvalue weighted by atomic mass is 10.2. The molecule has 2 heterocycles. The van der Waals surface area contributed by atoms with Crippen molar-refractivity contribution in [3.63, 3.8) is 0 Å². The van der Waals surface area contributed by atoms with E-state index in [1.54, 1.807) is 0 Å². The Hall–Kier alpha value is -0.160. The summed E-state index contributed by atoms with van der Waals surface area (Å²) in [7, 11) is 0. The zero-order chi connectivity index (χ0) is 9.64. The van der Waals surface area contributed by atoms with Gasteiger partial charge >= 0.3 is 0 Å². The minimum atomic E-state index is 0.255. The van der Waals surface area contributed by atoms with E-state index < -0.39 is 0 Å². The highest BCUT2D eigenvalue weighted by atomic mass is 16.6. The first-order chi connectivity index (χ1) is 6.95. The summed E-state index contributed by atoms with van der Waals surface area (Å²) in [6, 6.07) is 0.666. The maximum atomic E-state index is 5.53. The summed E-state index contributed by atoms with van der Waals surface area (Å²) in [5, 5.41) is 6.89. The zero-order valence-corrected chi connectivity index (χ0v) is 8.63. The van der Waals surface area contributed by atoms with Crippen LogP contribution in [0.25, 0.3) is 0 Å². The maximum Gasteiger partial charge on any atom is 0.0933 e. The summed E-state index contributed by atoms with van der Waals surface area (Å²) in [5.74, 6) is 0. The Morgan fingerprint density at radius 1 is 1.29 bits per heavy atom. The number of hydrogen-bond donors (Lipinski definition) is 2. The first-order valence-electron chi connectivity index (χ1n) is 5.58. The molecule has 2 atom stereocenters. The van der Waals surface area contributed by atoms with E-state index >= 15 is 0 Å². The van der Waals surface area contributed by atoms with Gasteiger partial charge in [0.2, 0.25) is 0 Å². The van der Waals surface area contributed by atoms with E-state index in [2.05, 4.69) is 10.6 Å². The quantitative estimate of drug-likeness (QED) is 0.656. The van der Waals surface area contributed by atoms with Gasteiger partial charge in [-0.15, -0.1) is 0 Å². The third kappa shape index (κ3) is 3.20. The van der Waals surface area contributed by atoms with Crippen molar-refractivity contribution in [2.45, 2.75) is 25.0 Å². The summed E-state index contributed by atoms with van der Waals surface area (Å²) >= 11 is 0. The van der Waals surface area contributed by atoms with Crippen molar-refractivity contribution >= 4 is 0 Å². The van der Waals surface area contributed by atoms with E-state index in [4.69, 9.17) is 9.47 Å². The molecule has 0 amide bonds. The van der Waals surface area contributed by atoms with Gasteiger partial charge in [-0.3, -0.25) is 0 Å². The first kappa shape index (κ1) is 10.4. The van der Waals surface area contributed by atoms with Crippen LogP contribution in [0, 0.1) is 0 Å². The minimum absolute atomic E-state index is 0.255. The van der Waals surface area contributed by atoms with E-state index in [1.165, 1.54) is 19.4 Å². The van der Waals surface area contributed by atoms with Crippen LogP contribution in [0.3, 0.4) is 0 Å². The first-order valence-corrected chi connectivity index (χ1v) is 5.58. The topological polar surface area (TPSA) is 42.5 Å². The lowest BCUT2D eigenvalue weighted by Crippen LogP contribution is -2.41. The third-order valence-electron chi connectivity index (χ3n) is 2.81. The molecule has 2 saturated heterocycles. The van der Waals surface area contributed by atoms with Crippen molar-refractivity contribution in [2.24, 2.45) is 0 Å².